The standard InChI is InChI=1S/C13H15IN4O/c1-8-16-12(14)11(15)13(17-8)18(2)9-4-6-10(19-3)7-5-9/h4-7H,15H2,1-3H3. The molecular weight excluding hydrogens is 355 g/mol. The van der Waals surface area contributed by atoms with E-state index >= 15 is 0 Å². The van der Waals surface area contributed by atoms with Crippen LogP contribution in [0.1, 0.15) is 5.82 Å². The minimum absolute atomic E-state index is 0.588. The number of aromatic nitrogens is 2. The highest BCUT2D eigenvalue weighted by Crippen LogP contribution is 2.30. The summed E-state index contributed by atoms with van der Waals surface area (Å²) in [6.07, 6.45) is 0. The van der Waals surface area contributed by atoms with Gasteiger partial charge in [0.1, 0.15) is 21.0 Å². The van der Waals surface area contributed by atoms with E-state index in [0.29, 0.717) is 17.3 Å². The van der Waals surface area contributed by atoms with Gasteiger partial charge >= 0.3 is 0 Å². The van der Waals surface area contributed by atoms with Gasteiger partial charge in [-0.1, -0.05) is 0 Å². The molecule has 0 saturated heterocycles. The zero-order chi connectivity index (χ0) is 14.0. The Bertz CT molecular complexity index is 586. The number of ether oxygens (including phenoxy) is 1. The lowest BCUT2D eigenvalue weighted by atomic mass is 10.2. The molecule has 0 aliphatic carbocycles. The van der Waals surface area contributed by atoms with Crippen molar-refractivity contribution in [2.24, 2.45) is 0 Å². The van der Waals surface area contributed by atoms with Gasteiger partial charge in [0.05, 0.1) is 7.11 Å². The van der Waals surface area contributed by atoms with E-state index in [2.05, 4.69) is 32.6 Å². The number of halogens is 1. The molecule has 100 valence electrons. The molecule has 0 amide bonds. The first-order valence-electron chi connectivity index (χ1n) is 5.70. The van der Waals surface area contributed by atoms with E-state index in [-0.39, 0.29) is 0 Å². The third-order valence-electron chi connectivity index (χ3n) is 2.77. The summed E-state index contributed by atoms with van der Waals surface area (Å²) in [7, 11) is 3.57. The fourth-order valence-corrected chi connectivity index (χ4v) is 2.31. The van der Waals surface area contributed by atoms with E-state index in [1.54, 1.807) is 7.11 Å². The second kappa shape index (κ2) is 5.60. The van der Waals surface area contributed by atoms with Crippen molar-refractivity contribution in [3.8, 4) is 5.75 Å². The number of methoxy groups -OCH3 is 1. The number of nitrogens with two attached hydrogens (primary N) is 1. The number of rotatable bonds is 3. The summed E-state index contributed by atoms with van der Waals surface area (Å²) in [6, 6.07) is 7.73. The summed E-state index contributed by atoms with van der Waals surface area (Å²) in [6.45, 7) is 1.85. The third kappa shape index (κ3) is 2.89. The quantitative estimate of drug-likeness (QED) is 0.665. The van der Waals surface area contributed by atoms with Gasteiger partial charge in [0.15, 0.2) is 5.82 Å². The first kappa shape index (κ1) is 13.9. The largest absolute Gasteiger partial charge is 0.497 e. The lowest BCUT2D eigenvalue weighted by Crippen LogP contribution is -2.15. The topological polar surface area (TPSA) is 64.3 Å². The number of nitrogens with zero attached hydrogens (tertiary/aromatic N) is 3. The highest BCUT2D eigenvalue weighted by molar-refractivity contribution is 14.1. The van der Waals surface area contributed by atoms with Crippen LogP contribution in [0.3, 0.4) is 0 Å². The van der Waals surface area contributed by atoms with Crippen LogP contribution in [-0.4, -0.2) is 24.1 Å². The molecule has 19 heavy (non-hydrogen) atoms. The number of hydrogen-bond acceptors (Lipinski definition) is 5. The minimum atomic E-state index is 0.588. The average Bonchev–Trinajstić information content (AvgIpc) is 2.42. The Morgan fingerprint density at radius 3 is 2.42 bits per heavy atom. The summed E-state index contributed by atoms with van der Waals surface area (Å²) in [5.41, 5.74) is 7.62. The molecule has 0 unspecified atom stereocenters. The molecule has 6 heteroatoms. The van der Waals surface area contributed by atoms with Gasteiger partial charge < -0.3 is 15.4 Å². The fourth-order valence-electron chi connectivity index (χ4n) is 1.72. The van der Waals surface area contributed by atoms with E-state index < -0.39 is 0 Å². The predicted octanol–water partition coefficient (Wildman–Crippen LogP) is 2.75. The van der Waals surface area contributed by atoms with Gasteiger partial charge in [-0.15, -0.1) is 0 Å². The number of benzene rings is 1. The lowest BCUT2D eigenvalue weighted by Gasteiger charge is -2.21. The van der Waals surface area contributed by atoms with Gasteiger partial charge in [-0.3, -0.25) is 0 Å². The Labute approximate surface area is 125 Å². The molecule has 0 atom stereocenters. The summed E-state index contributed by atoms with van der Waals surface area (Å²) in [4.78, 5) is 10.6. The molecule has 0 radical (unpaired) electrons. The van der Waals surface area contributed by atoms with Crippen LogP contribution in [0.15, 0.2) is 24.3 Å². The van der Waals surface area contributed by atoms with Crippen molar-refractivity contribution in [2.75, 3.05) is 24.8 Å². The van der Waals surface area contributed by atoms with Crippen LogP contribution >= 0.6 is 22.6 Å². The van der Waals surface area contributed by atoms with Crippen molar-refractivity contribution < 1.29 is 4.74 Å². The van der Waals surface area contributed by atoms with Gasteiger partial charge in [-0.05, 0) is 53.8 Å². The Hall–Kier alpha value is -1.57. The summed E-state index contributed by atoms with van der Waals surface area (Å²) < 4.78 is 5.91. The summed E-state index contributed by atoms with van der Waals surface area (Å²) in [5, 5.41) is 0. The molecule has 2 aromatic rings. The first-order chi connectivity index (χ1) is 9.02. The first-order valence-corrected chi connectivity index (χ1v) is 6.78. The van der Waals surface area contributed by atoms with Gasteiger partial charge in [0.25, 0.3) is 0 Å². The monoisotopic (exact) mass is 370 g/mol. The van der Waals surface area contributed by atoms with E-state index in [0.717, 1.165) is 15.1 Å². The van der Waals surface area contributed by atoms with Crippen LogP contribution < -0.4 is 15.4 Å². The lowest BCUT2D eigenvalue weighted by molar-refractivity contribution is 0.415. The molecule has 0 aliphatic heterocycles. The molecule has 2 N–H and O–H groups in total. The van der Waals surface area contributed by atoms with Gasteiger partial charge in [0.2, 0.25) is 0 Å². The highest BCUT2D eigenvalue weighted by Gasteiger charge is 2.13. The smallest absolute Gasteiger partial charge is 0.160 e. The fraction of sp³-hybridized carbons (Fsp3) is 0.231. The molecule has 1 aromatic carbocycles. The van der Waals surface area contributed by atoms with E-state index in [1.165, 1.54) is 0 Å². The predicted molar refractivity (Wildman–Crippen MR) is 85.0 cm³/mol. The van der Waals surface area contributed by atoms with Crippen LogP contribution in [0.25, 0.3) is 0 Å². The maximum atomic E-state index is 6.05. The maximum absolute atomic E-state index is 6.05. The molecule has 0 fully saturated rings. The van der Waals surface area contributed by atoms with Crippen LogP contribution in [-0.2, 0) is 0 Å². The molecule has 0 saturated carbocycles. The summed E-state index contributed by atoms with van der Waals surface area (Å²) >= 11 is 2.12. The van der Waals surface area contributed by atoms with Crippen molar-refractivity contribution >= 4 is 39.8 Å². The molecule has 2 rings (SSSR count). The second-order valence-corrected chi connectivity index (χ2v) is 5.08. The Balaban J connectivity index is 2.40. The SMILES string of the molecule is COc1ccc(N(C)c2nc(C)nc(I)c2N)cc1. The second-order valence-electron chi connectivity index (χ2n) is 4.06. The van der Waals surface area contributed by atoms with Gasteiger partial charge in [0, 0.05) is 12.7 Å². The molecule has 5 nitrogen and oxygen atoms in total. The van der Waals surface area contributed by atoms with Crippen LogP contribution in [0.5, 0.6) is 5.75 Å². The number of anilines is 3. The Morgan fingerprint density at radius 1 is 1.21 bits per heavy atom. The van der Waals surface area contributed by atoms with Crippen molar-refractivity contribution in [1.82, 2.24) is 9.97 Å². The van der Waals surface area contributed by atoms with E-state index in [9.17, 15) is 0 Å². The zero-order valence-electron chi connectivity index (χ0n) is 11.0. The average molecular weight is 370 g/mol. The van der Waals surface area contributed by atoms with Crippen LogP contribution in [0.2, 0.25) is 0 Å². The van der Waals surface area contributed by atoms with Crippen molar-refractivity contribution in [2.45, 2.75) is 6.92 Å². The number of nitrogen functional groups attached to an aromatic ring is 1. The Morgan fingerprint density at radius 2 is 1.84 bits per heavy atom. The molecule has 1 heterocycles. The van der Waals surface area contributed by atoms with Crippen molar-refractivity contribution in [1.29, 1.82) is 0 Å². The zero-order valence-corrected chi connectivity index (χ0v) is 13.2. The Kier molecular flexibility index (Phi) is 4.08. The normalized spacial score (nSPS) is 10.3. The minimum Gasteiger partial charge on any atom is -0.497 e. The highest BCUT2D eigenvalue weighted by atomic mass is 127. The van der Waals surface area contributed by atoms with E-state index in [4.69, 9.17) is 10.5 Å². The molecule has 0 aliphatic rings. The molecule has 0 bridgehead atoms. The third-order valence-corrected chi connectivity index (χ3v) is 3.59. The van der Waals surface area contributed by atoms with Gasteiger partial charge in [-0.2, -0.15) is 0 Å². The molecular formula is C13H15IN4O. The van der Waals surface area contributed by atoms with Crippen molar-refractivity contribution in [3.05, 3.63) is 33.8 Å². The summed E-state index contributed by atoms with van der Waals surface area (Å²) in [5.74, 6) is 2.23. The van der Waals surface area contributed by atoms with Crippen molar-refractivity contribution in [3.63, 3.8) is 0 Å². The molecule has 1 aromatic heterocycles. The van der Waals surface area contributed by atoms with Gasteiger partial charge in [-0.25, -0.2) is 9.97 Å². The van der Waals surface area contributed by atoms with E-state index in [1.807, 2.05) is 43.1 Å². The number of aryl methyl sites for hydroxylation is 1. The molecule has 0 spiro atoms. The maximum Gasteiger partial charge on any atom is 0.160 e. The van der Waals surface area contributed by atoms with Crippen LogP contribution in [0.4, 0.5) is 17.2 Å². The van der Waals surface area contributed by atoms with Crippen LogP contribution in [0, 0.1) is 10.6 Å². The number of hydrogen-bond donors (Lipinski definition) is 1.